The van der Waals surface area contributed by atoms with Crippen molar-refractivity contribution in [2.75, 3.05) is 19.6 Å². The van der Waals surface area contributed by atoms with Gasteiger partial charge in [0, 0.05) is 57.1 Å². The van der Waals surface area contributed by atoms with Crippen LogP contribution >= 0.6 is 55.1 Å². The summed E-state index contributed by atoms with van der Waals surface area (Å²) in [5.41, 5.74) is 8.97. The molecule has 48 heavy (non-hydrogen) atoms. The molecule has 0 bridgehead atoms. The maximum atomic E-state index is 10.5. The van der Waals surface area contributed by atoms with E-state index in [0.717, 1.165) is 88.1 Å². The van der Waals surface area contributed by atoms with E-state index in [1.165, 1.54) is 35.2 Å². The zero-order valence-corrected chi connectivity index (χ0v) is 32.0. The fourth-order valence-corrected chi connectivity index (χ4v) is 8.66. The van der Waals surface area contributed by atoms with Gasteiger partial charge in [0.2, 0.25) is 0 Å². The number of unbranched alkanes of at least 4 members (excludes halogenated alkanes) is 1. The van der Waals surface area contributed by atoms with Crippen LogP contribution in [0, 0.1) is 0 Å². The smallest absolute Gasteiger partial charge is 0.376 e. The molecule has 1 saturated heterocycles. The number of aromatic nitrogens is 2. The first-order valence-electron chi connectivity index (χ1n) is 16.8. The predicted molar refractivity (Wildman–Crippen MR) is 203 cm³/mol. The van der Waals surface area contributed by atoms with Crippen molar-refractivity contribution < 1.29 is 10.1 Å². The molecule has 2 N–H and O–H groups in total. The highest BCUT2D eigenvalue weighted by Gasteiger charge is 2.37. The van der Waals surface area contributed by atoms with Gasteiger partial charge < -0.3 is 14.9 Å². The average Bonchev–Trinajstić information content (AvgIpc) is 3.30. The Labute approximate surface area is 311 Å². The molecule has 0 radical (unpaired) electrons. The molecule has 2 aromatic carbocycles. The van der Waals surface area contributed by atoms with Crippen molar-refractivity contribution in [1.82, 2.24) is 19.7 Å². The lowest BCUT2D eigenvalue weighted by Crippen LogP contribution is -2.58. The lowest BCUT2D eigenvalue weighted by atomic mass is 9.80. The largest absolute Gasteiger partial charge is 0.437 e. The van der Waals surface area contributed by atoms with Gasteiger partial charge in [-0.2, -0.15) is 0 Å². The molecular weight excluding hydrogens is 774 g/mol. The molecule has 252 valence electrons. The number of hydrogen-bond acceptors (Lipinski definition) is 6. The molecule has 2 unspecified atom stereocenters. The molecule has 7 rings (SSSR count). The van der Waals surface area contributed by atoms with Gasteiger partial charge >= 0.3 is 7.05 Å². The van der Waals surface area contributed by atoms with E-state index in [4.69, 9.17) is 28.2 Å². The van der Waals surface area contributed by atoms with Crippen LogP contribution in [0.1, 0.15) is 83.1 Å². The number of aliphatic hydroxyl groups excluding tert-OH is 1. The molecule has 0 spiro atoms. The number of hydrogen-bond donors (Lipinski definition) is 2. The second kappa shape index (κ2) is 16.0. The molecule has 4 aromatic rings. The molecule has 6 nitrogen and oxygen atoms in total. The minimum absolute atomic E-state index is 0.128. The van der Waals surface area contributed by atoms with Crippen LogP contribution in [-0.2, 0) is 25.7 Å². The van der Waals surface area contributed by atoms with Crippen LogP contribution in [0.3, 0.4) is 0 Å². The second-order valence-electron chi connectivity index (χ2n) is 13.0. The van der Waals surface area contributed by atoms with E-state index in [0.29, 0.717) is 11.1 Å². The summed E-state index contributed by atoms with van der Waals surface area (Å²) in [7, 11) is -0.407. The van der Waals surface area contributed by atoms with Gasteiger partial charge in [-0.15, -0.1) is 0 Å². The summed E-state index contributed by atoms with van der Waals surface area (Å²) in [5.74, 6) is 0. The maximum absolute atomic E-state index is 10.5. The lowest BCUT2D eigenvalue weighted by molar-refractivity contribution is 0.0911. The van der Waals surface area contributed by atoms with E-state index in [9.17, 15) is 10.1 Å². The fraction of sp³-hybridized carbons (Fsp3) is 0.405. The number of aryl methyl sites for hydroxylation is 4. The Morgan fingerprint density at radius 3 is 2.00 bits per heavy atom. The minimum atomic E-state index is -0.664. The normalized spacial score (nSPS) is 20.6. The highest BCUT2D eigenvalue weighted by molar-refractivity contribution is 9.10. The molecule has 1 fully saturated rings. The fourth-order valence-electron chi connectivity index (χ4n) is 7.51. The van der Waals surface area contributed by atoms with Gasteiger partial charge in [0.15, 0.2) is 0 Å². The standard InChI is InChI=1S/C23H30BBrClN3O.C14H11BrClNO/c1-3-4-5-20-15-28(10-11-29(20)24(2)30)23-21-9-8-19(26)13-16(21)6-7-17-12-18(25)14-27-22(17)23;15-10-5-9-2-1-8-6-11(16)3-4-12(8)14(18)13(9)17-7-10/h8-9,12-14,20,23,30H,3-7,10-11,15H2,1-2H3;3-7,14,18H,1-2H2/t20-,23?;/m0./s1. The quantitative estimate of drug-likeness (QED) is 0.197. The van der Waals surface area contributed by atoms with E-state index in [1.807, 2.05) is 43.4 Å². The van der Waals surface area contributed by atoms with Crippen LogP contribution in [-0.4, -0.2) is 62.5 Å². The third kappa shape index (κ3) is 8.05. The lowest BCUT2D eigenvalue weighted by Gasteiger charge is -2.45. The highest BCUT2D eigenvalue weighted by Crippen LogP contribution is 2.39. The van der Waals surface area contributed by atoms with E-state index >= 15 is 0 Å². The van der Waals surface area contributed by atoms with E-state index in [1.54, 1.807) is 6.20 Å². The van der Waals surface area contributed by atoms with Gasteiger partial charge in [-0.05, 0) is 141 Å². The van der Waals surface area contributed by atoms with Crippen molar-refractivity contribution in [3.8, 4) is 0 Å². The molecule has 0 amide bonds. The van der Waals surface area contributed by atoms with Gasteiger partial charge in [0.1, 0.15) is 6.10 Å². The zero-order chi connectivity index (χ0) is 33.9. The number of fused-ring (bicyclic) bond motifs is 4. The first-order chi connectivity index (χ1) is 23.1. The van der Waals surface area contributed by atoms with Gasteiger partial charge in [-0.1, -0.05) is 55.1 Å². The highest BCUT2D eigenvalue weighted by atomic mass is 79.9. The first-order valence-corrected chi connectivity index (χ1v) is 19.2. The van der Waals surface area contributed by atoms with Gasteiger partial charge in [0.05, 0.1) is 17.4 Å². The first kappa shape index (κ1) is 36.0. The molecule has 2 aromatic heterocycles. The Morgan fingerprint density at radius 1 is 0.812 bits per heavy atom. The van der Waals surface area contributed by atoms with Crippen molar-refractivity contribution in [3.05, 3.63) is 125 Å². The van der Waals surface area contributed by atoms with Crippen LogP contribution in [0.25, 0.3) is 0 Å². The molecule has 3 heterocycles. The van der Waals surface area contributed by atoms with Gasteiger partial charge in [-0.3, -0.25) is 14.9 Å². The molecule has 2 aliphatic carbocycles. The SMILES string of the molecule is CCCC[C@H]1CN(C2c3ccc(Cl)cc3CCc3cc(Br)cnc32)CCN1B(C)O.OC1c2ccc(Cl)cc2CCc2cc(Br)cnc21. The molecule has 3 aliphatic rings. The third-order valence-electron chi connectivity index (χ3n) is 9.88. The zero-order valence-electron chi connectivity index (χ0n) is 27.3. The third-order valence-corrected chi connectivity index (χ3v) is 11.2. The number of halogens is 4. The van der Waals surface area contributed by atoms with Crippen molar-refractivity contribution in [3.63, 3.8) is 0 Å². The van der Waals surface area contributed by atoms with E-state index < -0.39 is 13.2 Å². The van der Waals surface area contributed by atoms with Gasteiger partial charge in [-0.25, -0.2) is 0 Å². The molecule has 3 atom stereocenters. The van der Waals surface area contributed by atoms with Crippen LogP contribution < -0.4 is 0 Å². The number of rotatable bonds is 5. The van der Waals surface area contributed by atoms with E-state index in [2.05, 4.69) is 71.7 Å². The summed E-state index contributed by atoms with van der Waals surface area (Å²) in [4.78, 5) is 14.1. The number of nitrogens with zero attached hydrogens (tertiary/aromatic N) is 4. The summed E-state index contributed by atoms with van der Waals surface area (Å²) >= 11 is 19.4. The number of piperazine rings is 1. The predicted octanol–water partition coefficient (Wildman–Crippen LogP) is 8.65. The van der Waals surface area contributed by atoms with Crippen molar-refractivity contribution >= 4 is 62.1 Å². The molecule has 0 saturated carbocycles. The Hall–Kier alpha value is -1.82. The van der Waals surface area contributed by atoms with Crippen LogP contribution in [0.2, 0.25) is 16.9 Å². The Bertz CT molecular complexity index is 1660. The Morgan fingerprint density at radius 2 is 1.38 bits per heavy atom. The van der Waals surface area contributed by atoms with Crippen LogP contribution in [0.15, 0.2) is 69.9 Å². The average molecular weight is 815 g/mol. The minimum Gasteiger partial charge on any atom is -0.437 e. The van der Waals surface area contributed by atoms with Crippen LogP contribution in [0.4, 0.5) is 0 Å². The van der Waals surface area contributed by atoms with Crippen LogP contribution in [0.5, 0.6) is 0 Å². The summed E-state index contributed by atoms with van der Waals surface area (Å²) in [6.07, 6.45) is 10.1. The summed E-state index contributed by atoms with van der Waals surface area (Å²) in [6.45, 7) is 6.85. The molecule has 11 heteroatoms. The summed E-state index contributed by atoms with van der Waals surface area (Å²) in [5, 5.41) is 22.3. The Kier molecular flexibility index (Phi) is 12.0. The summed E-state index contributed by atoms with van der Waals surface area (Å²) < 4.78 is 1.97. The number of aliphatic hydroxyl groups is 1. The monoisotopic (exact) mass is 812 g/mol. The van der Waals surface area contributed by atoms with E-state index in [-0.39, 0.29) is 6.04 Å². The summed E-state index contributed by atoms with van der Waals surface area (Å²) in [6, 6.07) is 16.7. The Balaban J connectivity index is 0.000000189. The topological polar surface area (TPSA) is 72.7 Å². The molecule has 1 aliphatic heterocycles. The maximum Gasteiger partial charge on any atom is 0.376 e. The number of pyridine rings is 2. The van der Waals surface area contributed by atoms with Crippen molar-refractivity contribution in [1.29, 1.82) is 0 Å². The van der Waals surface area contributed by atoms with Crippen molar-refractivity contribution in [2.24, 2.45) is 0 Å². The molecular formula is C37H41BBr2Cl2N4O2. The van der Waals surface area contributed by atoms with Gasteiger partial charge in [0.25, 0.3) is 0 Å². The van der Waals surface area contributed by atoms with Crippen molar-refractivity contribution in [2.45, 2.75) is 76.9 Å². The number of benzene rings is 2. The second-order valence-corrected chi connectivity index (χ2v) is 15.8.